The summed E-state index contributed by atoms with van der Waals surface area (Å²) in [7, 11) is 0. The van der Waals surface area contributed by atoms with Crippen LogP contribution >= 0.6 is 11.6 Å². The van der Waals surface area contributed by atoms with Gasteiger partial charge in [0.25, 0.3) is 0 Å². The highest BCUT2D eigenvalue weighted by Crippen LogP contribution is 2.17. The van der Waals surface area contributed by atoms with Crippen molar-refractivity contribution in [2.45, 2.75) is 31.6 Å². The van der Waals surface area contributed by atoms with Crippen LogP contribution in [0.2, 0.25) is 5.02 Å². The molecule has 6 heteroatoms. The number of hydrogen-bond donors (Lipinski definition) is 1. The SMILES string of the molecule is OC(COc1ccc(F)cc1)CN(Cc1ccc(Cl)cc1)CC1CCCO1. The quantitative estimate of drug-likeness (QED) is 0.701. The first-order valence-electron chi connectivity index (χ1n) is 9.23. The number of halogens is 2. The summed E-state index contributed by atoms with van der Waals surface area (Å²) in [4.78, 5) is 2.18. The molecular formula is C21H25ClFNO3. The van der Waals surface area contributed by atoms with Crippen LogP contribution in [0.1, 0.15) is 18.4 Å². The largest absolute Gasteiger partial charge is 0.491 e. The predicted octanol–water partition coefficient (Wildman–Crippen LogP) is 3.90. The van der Waals surface area contributed by atoms with Crippen LogP contribution in [0.3, 0.4) is 0 Å². The van der Waals surface area contributed by atoms with E-state index in [-0.39, 0.29) is 18.5 Å². The molecule has 3 rings (SSSR count). The van der Waals surface area contributed by atoms with Crippen molar-refractivity contribution in [2.75, 3.05) is 26.3 Å². The second kappa shape index (κ2) is 10.0. The van der Waals surface area contributed by atoms with Gasteiger partial charge in [-0.1, -0.05) is 23.7 Å². The van der Waals surface area contributed by atoms with Crippen molar-refractivity contribution >= 4 is 11.6 Å². The van der Waals surface area contributed by atoms with Crippen LogP contribution in [-0.2, 0) is 11.3 Å². The molecule has 1 aliphatic rings. The highest BCUT2D eigenvalue weighted by Gasteiger charge is 2.21. The molecule has 0 radical (unpaired) electrons. The third-order valence-electron chi connectivity index (χ3n) is 4.53. The first-order chi connectivity index (χ1) is 13.1. The van der Waals surface area contributed by atoms with Gasteiger partial charge >= 0.3 is 0 Å². The minimum absolute atomic E-state index is 0.147. The Kier molecular flexibility index (Phi) is 7.47. The van der Waals surface area contributed by atoms with Crippen LogP contribution < -0.4 is 4.74 Å². The molecule has 1 aliphatic heterocycles. The van der Waals surface area contributed by atoms with E-state index >= 15 is 0 Å². The van der Waals surface area contributed by atoms with Gasteiger partial charge in [0, 0.05) is 31.3 Å². The van der Waals surface area contributed by atoms with Gasteiger partial charge in [0.2, 0.25) is 0 Å². The molecule has 1 N–H and O–H groups in total. The normalized spacial score (nSPS) is 18.0. The first kappa shape index (κ1) is 20.1. The summed E-state index contributed by atoms with van der Waals surface area (Å²) >= 11 is 5.97. The van der Waals surface area contributed by atoms with Gasteiger partial charge in [-0.25, -0.2) is 4.39 Å². The van der Waals surface area contributed by atoms with Gasteiger partial charge in [-0.15, -0.1) is 0 Å². The van der Waals surface area contributed by atoms with Crippen molar-refractivity contribution < 1.29 is 19.0 Å². The molecule has 0 amide bonds. The van der Waals surface area contributed by atoms with Gasteiger partial charge in [-0.2, -0.15) is 0 Å². The number of rotatable bonds is 9. The summed E-state index contributed by atoms with van der Waals surface area (Å²) in [5.41, 5.74) is 1.13. The summed E-state index contributed by atoms with van der Waals surface area (Å²) in [5.74, 6) is 0.229. The highest BCUT2D eigenvalue weighted by atomic mass is 35.5. The van der Waals surface area contributed by atoms with E-state index < -0.39 is 6.10 Å². The molecule has 0 spiro atoms. The zero-order chi connectivity index (χ0) is 19.1. The summed E-state index contributed by atoms with van der Waals surface area (Å²) in [6, 6.07) is 13.5. The number of benzene rings is 2. The van der Waals surface area contributed by atoms with Crippen molar-refractivity contribution in [1.29, 1.82) is 0 Å². The van der Waals surface area contributed by atoms with E-state index in [0.29, 0.717) is 23.9 Å². The summed E-state index contributed by atoms with van der Waals surface area (Å²) in [6.07, 6.45) is 1.65. The van der Waals surface area contributed by atoms with E-state index in [1.807, 2.05) is 24.3 Å². The molecule has 27 heavy (non-hydrogen) atoms. The molecule has 1 fully saturated rings. The maximum absolute atomic E-state index is 13.0. The van der Waals surface area contributed by atoms with Crippen LogP contribution in [0.15, 0.2) is 48.5 Å². The minimum atomic E-state index is -0.663. The summed E-state index contributed by atoms with van der Waals surface area (Å²) in [5, 5.41) is 11.1. The number of ether oxygens (including phenoxy) is 2. The summed E-state index contributed by atoms with van der Waals surface area (Å²) < 4.78 is 24.3. The van der Waals surface area contributed by atoms with Gasteiger partial charge in [0.05, 0.1) is 6.10 Å². The average Bonchev–Trinajstić information content (AvgIpc) is 3.16. The fourth-order valence-electron chi connectivity index (χ4n) is 3.20. The molecule has 2 aromatic carbocycles. The fraction of sp³-hybridized carbons (Fsp3) is 0.429. The molecule has 1 heterocycles. The van der Waals surface area contributed by atoms with Crippen molar-refractivity contribution in [3.05, 3.63) is 64.9 Å². The van der Waals surface area contributed by atoms with Gasteiger partial charge in [-0.05, 0) is 54.8 Å². The van der Waals surface area contributed by atoms with Crippen molar-refractivity contribution in [2.24, 2.45) is 0 Å². The molecule has 2 aromatic rings. The van der Waals surface area contributed by atoms with Crippen LogP contribution in [0.5, 0.6) is 5.75 Å². The predicted molar refractivity (Wildman–Crippen MR) is 104 cm³/mol. The molecule has 146 valence electrons. The number of hydrogen-bond acceptors (Lipinski definition) is 4. The molecular weight excluding hydrogens is 369 g/mol. The van der Waals surface area contributed by atoms with E-state index in [9.17, 15) is 9.50 Å². The maximum Gasteiger partial charge on any atom is 0.123 e. The topological polar surface area (TPSA) is 41.9 Å². The molecule has 0 aliphatic carbocycles. The van der Waals surface area contributed by atoms with Crippen LogP contribution in [0, 0.1) is 5.82 Å². The molecule has 4 nitrogen and oxygen atoms in total. The standard InChI is InChI=1S/C21H25ClFNO3/c22-17-5-3-16(4-6-17)12-24(14-21-2-1-11-26-21)13-19(25)15-27-20-9-7-18(23)8-10-20/h3-10,19,21,25H,1-2,11-15H2. The Morgan fingerprint density at radius 1 is 1.19 bits per heavy atom. The van der Waals surface area contributed by atoms with Crippen molar-refractivity contribution in [1.82, 2.24) is 4.90 Å². The molecule has 1 saturated heterocycles. The van der Waals surface area contributed by atoms with Gasteiger partial charge in [-0.3, -0.25) is 4.90 Å². The third-order valence-corrected chi connectivity index (χ3v) is 4.78. The van der Waals surface area contributed by atoms with Gasteiger partial charge < -0.3 is 14.6 Å². The van der Waals surface area contributed by atoms with Crippen LogP contribution in [0.25, 0.3) is 0 Å². The average molecular weight is 394 g/mol. The Balaban J connectivity index is 1.55. The van der Waals surface area contributed by atoms with Gasteiger partial charge in [0.15, 0.2) is 0 Å². The lowest BCUT2D eigenvalue weighted by molar-refractivity contribution is 0.0313. The maximum atomic E-state index is 13.0. The first-order valence-corrected chi connectivity index (χ1v) is 9.61. The molecule has 2 unspecified atom stereocenters. The Hall–Kier alpha value is -1.66. The lowest BCUT2D eigenvalue weighted by Gasteiger charge is -2.27. The monoisotopic (exact) mass is 393 g/mol. The fourth-order valence-corrected chi connectivity index (χ4v) is 3.33. The number of aliphatic hydroxyl groups excluding tert-OH is 1. The molecule has 2 atom stereocenters. The second-order valence-electron chi connectivity index (χ2n) is 6.87. The van der Waals surface area contributed by atoms with Crippen molar-refractivity contribution in [3.63, 3.8) is 0 Å². The molecule has 0 saturated carbocycles. The van der Waals surface area contributed by atoms with E-state index in [1.54, 1.807) is 12.1 Å². The second-order valence-corrected chi connectivity index (χ2v) is 7.31. The summed E-state index contributed by atoms with van der Waals surface area (Å²) in [6.45, 7) is 2.87. The van der Waals surface area contributed by atoms with E-state index in [2.05, 4.69) is 4.90 Å². The third kappa shape index (κ3) is 6.78. The zero-order valence-corrected chi connectivity index (χ0v) is 15.9. The van der Waals surface area contributed by atoms with E-state index in [0.717, 1.165) is 31.6 Å². The molecule has 0 bridgehead atoms. The number of nitrogens with zero attached hydrogens (tertiary/aromatic N) is 1. The Labute approximate surface area is 164 Å². The Morgan fingerprint density at radius 2 is 1.93 bits per heavy atom. The minimum Gasteiger partial charge on any atom is -0.491 e. The zero-order valence-electron chi connectivity index (χ0n) is 15.2. The van der Waals surface area contributed by atoms with Gasteiger partial charge in [0.1, 0.15) is 24.3 Å². The number of aliphatic hydroxyl groups is 1. The smallest absolute Gasteiger partial charge is 0.123 e. The van der Waals surface area contributed by atoms with Crippen molar-refractivity contribution in [3.8, 4) is 5.75 Å². The highest BCUT2D eigenvalue weighted by molar-refractivity contribution is 6.30. The van der Waals surface area contributed by atoms with E-state index in [1.165, 1.54) is 12.1 Å². The lowest BCUT2D eigenvalue weighted by Crippen LogP contribution is -2.39. The van der Waals surface area contributed by atoms with E-state index in [4.69, 9.17) is 21.1 Å². The lowest BCUT2D eigenvalue weighted by atomic mass is 10.1. The molecule has 0 aromatic heterocycles. The van der Waals surface area contributed by atoms with Crippen LogP contribution in [0.4, 0.5) is 4.39 Å². The Bertz CT molecular complexity index is 690. The Morgan fingerprint density at radius 3 is 2.59 bits per heavy atom. The van der Waals surface area contributed by atoms with Crippen LogP contribution in [-0.4, -0.2) is 48.5 Å².